The normalized spacial score (nSPS) is 20.7. The first kappa shape index (κ1) is 18.2. The lowest BCUT2D eigenvalue weighted by molar-refractivity contribution is -0.151. The van der Waals surface area contributed by atoms with E-state index >= 15 is 0 Å². The van der Waals surface area contributed by atoms with E-state index in [2.05, 4.69) is 0 Å². The number of likely N-dealkylation sites (tertiary alicyclic amines) is 1. The molecule has 1 rings (SSSR count). The number of nitrogens with two attached hydrogens (primary N) is 1. The van der Waals surface area contributed by atoms with Gasteiger partial charge in [0.1, 0.15) is 0 Å². The minimum absolute atomic E-state index is 0. The first-order valence-corrected chi connectivity index (χ1v) is 6.68. The second kappa shape index (κ2) is 8.38. The summed E-state index contributed by atoms with van der Waals surface area (Å²) < 4.78 is 5.01. The van der Waals surface area contributed by atoms with E-state index in [0.29, 0.717) is 19.7 Å². The van der Waals surface area contributed by atoms with Crippen LogP contribution in [0.25, 0.3) is 0 Å². The lowest BCUT2D eigenvalue weighted by Gasteiger charge is -2.33. The summed E-state index contributed by atoms with van der Waals surface area (Å²) in [4.78, 5) is 25.5. The highest BCUT2D eigenvalue weighted by molar-refractivity contribution is 5.85. The zero-order valence-electron chi connectivity index (χ0n) is 11.9. The van der Waals surface area contributed by atoms with E-state index in [1.807, 2.05) is 13.8 Å². The molecule has 0 spiro atoms. The summed E-state index contributed by atoms with van der Waals surface area (Å²) in [5.74, 6) is -0.338. The molecule has 5 nitrogen and oxygen atoms in total. The van der Waals surface area contributed by atoms with Crippen LogP contribution < -0.4 is 5.73 Å². The van der Waals surface area contributed by atoms with Crippen molar-refractivity contribution in [1.82, 2.24) is 4.90 Å². The van der Waals surface area contributed by atoms with Gasteiger partial charge < -0.3 is 15.4 Å². The summed E-state index contributed by atoms with van der Waals surface area (Å²) in [5.41, 5.74) is 5.86. The number of esters is 1. The molecule has 1 aliphatic rings. The van der Waals surface area contributed by atoms with Gasteiger partial charge in [-0.15, -0.1) is 12.4 Å². The predicted octanol–water partition coefficient (Wildman–Crippen LogP) is 1.19. The van der Waals surface area contributed by atoms with Crippen LogP contribution in [-0.4, -0.2) is 42.5 Å². The van der Waals surface area contributed by atoms with Gasteiger partial charge in [0.2, 0.25) is 5.91 Å². The lowest BCUT2D eigenvalue weighted by atomic mass is 9.96. The fourth-order valence-electron chi connectivity index (χ4n) is 2.13. The fourth-order valence-corrected chi connectivity index (χ4v) is 2.13. The molecule has 1 amide bonds. The third kappa shape index (κ3) is 4.99. The smallest absolute Gasteiger partial charge is 0.310 e. The Bertz CT molecular complexity index is 310. The molecule has 19 heavy (non-hydrogen) atoms. The number of carbonyl (C=O) groups is 2. The number of carbonyl (C=O) groups excluding carboxylic acids is 2. The second-order valence-corrected chi connectivity index (χ2v) is 5.15. The van der Waals surface area contributed by atoms with Gasteiger partial charge in [-0.25, -0.2) is 0 Å². The van der Waals surface area contributed by atoms with Crippen molar-refractivity contribution in [3.63, 3.8) is 0 Å². The van der Waals surface area contributed by atoms with E-state index in [1.165, 1.54) is 0 Å². The van der Waals surface area contributed by atoms with Crippen LogP contribution in [0.1, 0.15) is 33.6 Å². The van der Waals surface area contributed by atoms with E-state index in [0.717, 1.165) is 12.8 Å². The highest BCUT2D eigenvalue weighted by Crippen LogP contribution is 2.19. The predicted molar refractivity (Wildman–Crippen MR) is 76.0 cm³/mol. The van der Waals surface area contributed by atoms with Crippen molar-refractivity contribution in [3.8, 4) is 0 Å². The molecule has 0 aromatic rings. The lowest BCUT2D eigenvalue weighted by Crippen LogP contribution is -2.51. The average molecular weight is 293 g/mol. The van der Waals surface area contributed by atoms with Crippen LogP contribution in [0.2, 0.25) is 0 Å². The van der Waals surface area contributed by atoms with Crippen LogP contribution >= 0.6 is 12.4 Å². The monoisotopic (exact) mass is 292 g/mol. The zero-order chi connectivity index (χ0) is 13.7. The first-order chi connectivity index (χ1) is 8.47. The molecule has 2 atom stereocenters. The van der Waals surface area contributed by atoms with Crippen molar-refractivity contribution in [2.24, 2.45) is 17.6 Å². The topological polar surface area (TPSA) is 72.6 Å². The number of rotatable bonds is 4. The highest BCUT2D eigenvalue weighted by Gasteiger charge is 2.32. The first-order valence-electron chi connectivity index (χ1n) is 6.68. The Hall–Kier alpha value is -0.810. The van der Waals surface area contributed by atoms with Crippen molar-refractivity contribution in [3.05, 3.63) is 0 Å². The Balaban J connectivity index is 0.00000324. The molecule has 0 aromatic carbocycles. The van der Waals surface area contributed by atoms with Crippen molar-refractivity contribution in [2.45, 2.75) is 39.7 Å². The summed E-state index contributed by atoms with van der Waals surface area (Å²) in [5, 5.41) is 0. The molecule has 0 bridgehead atoms. The van der Waals surface area contributed by atoms with Crippen LogP contribution in [0.4, 0.5) is 0 Å². The molecule has 6 heteroatoms. The Morgan fingerprint density at radius 2 is 2.05 bits per heavy atom. The largest absolute Gasteiger partial charge is 0.466 e. The van der Waals surface area contributed by atoms with Crippen LogP contribution in [0, 0.1) is 11.8 Å². The van der Waals surface area contributed by atoms with Crippen LogP contribution in [0.15, 0.2) is 0 Å². The number of halogens is 1. The van der Waals surface area contributed by atoms with Gasteiger partial charge in [0, 0.05) is 13.1 Å². The molecular weight excluding hydrogens is 268 g/mol. The Morgan fingerprint density at radius 3 is 2.58 bits per heavy atom. The van der Waals surface area contributed by atoms with Crippen molar-refractivity contribution < 1.29 is 14.3 Å². The third-order valence-electron chi connectivity index (χ3n) is 3.36. The fraction of sp³-hybridized carbons (Fsp3) is 0.846. The van der Waals surface area contributed by atoms with Gasteiger partial charge in [0.05, 0.1) is 18.6 Å². The number of amides is 1. The quantitative estimate of drug-likeness (QED) is 0.790. The number of piperidine rings is 1. The van der Waals surface area contributed by atoms with Gasteiger partial charge in [0.15, 0.2) is 0 Å². The van der Waals surface area contributed by atoms with Crippen molar-refractivity contribution in [1.29, 1.82) is 0 Å². The van der Waals surface area contributed by atoms with E-state index in [1.54, 1.807) is 11.8 Å². The van der Waals surface area contributed by atoms with Gasteiger partial charge in [-0.3, -0.25) is 9.59 Å². The molecule has 0 radical (unpaired) electrons. The minimum Gasteiger partial charge on any atom is -0.466 e. The van der Waals surface area contributed by atoms with Gasteiger partial charge in [-0.05, 0) is 25.7 Å². The molecule has 1 heterocycles. The highest BCUT2D eigenvalue weighted by atomic mass is 35.5. The SMILES string of the molecule is CCOC(=O)C1CCCN(C(=O)C(N)C(C)C)C1.Cl. The summed E-state index contributed by atoms with van der Waals surface area (Å²) in [6, 6.07) is -0.481. The molecule has 2 N–H and O–H groups in total. The number of hydrogen-bond acceptors (Lipinski definition) is 4. The molecule has 0 saturated carbocycles. The van der Waals surface area contributed by atoms with Crippen molar-refractivity contribution in [2.75, 3.05) is 19.7 Å². The maximum Gasteiger partial charge on any atom is 0.310 e. The molecule has 1 fully saturated rings. The Morgan fingerprint density at radius 1 is 1.42 bits per heavy atom. The molecule has 0 aliphatic carbocycles. The molecular formula is C13H25ClN2O3. The average Bonchev–Trinajstić information content (AvgIpc) is 2.37. The summed E-state index contributed by atoms with van der Waals surface area (Å²) >= 11 is 0. The molecule has 1 aliphatic heterocycles. The molecule has 2 unspecified atom stereocenters. The minimum atomic E-state index is -0.481. The number of hydrogen-bond donors (Lipinski definition) is 1. The van der Waals surface area contributed by atoms with E-state index < -0.39 is 6.04 Å². The maximum atomic E-state index is 12.1. The van der Waals surface area contributed by atoms with Gasteiger partial charge in [-0.2, -0.15) is 0 Å². The van der Waals surface area contributed by atoms with Crippen molar-refractivity contribution >= 4 is 24.3 Å². The van der Waals surface area contributed by atoms with Crippen LogP contribution in [-0.2, 0) is 14.3 Å². The third-order valence-corrected chi connectivity index (χ3v) is 3.36. The summed E-state index contributed by atoms with van der Waals surface area (Å²) in [6.07, 6.45) is 1.62. The molecule has 112 valence electrons. The second-order valence-electron chi connectivity index (χ2n) is 5.15. The zero-order valence-corrected chi connectivity index (χ0v) is 12.7. The van der Waals surface area contributed by atoms with E-state index in [-0.39, 0.29) is 36.1 Å². The number of nitrogens with zero attached hydrogens (tertiary/aromatic N) is 1. The van der Waals surface area contributed by atoms with Gasteiger partial charge in [-0.1, -0.05) is 13.8 Å². The van der Waals surface area contributed by atoms with Crippen LogP contribution in [0.3, 0.4) is 0 Å². The number of ether oxygens (including phenoxy) is 1. The van der Waals surface area contributed by atoms with Crippen LogP contribution in [0.5, 0.6) is 0 Å². The Labute approximate surface area is 121 Å². The molecule has 1 saturated heterocycles. The van der Waals surface area contributed by atoms with E-state index in [9.17, 15) is 9.59 Å². The summed E-state index contributed by atoms with van der Waals surface area (Å²) in [7, 11) is 0. The molecule has 0 aromatic heterocycles. The van der Waals surface area contributed by atoms with Gasteiger partial charge in [0.25, 0.3) is 0 Å². The summed E-state index contributed by atoms with van der Waals surface area (Å²) in [6.45, 7) is 7.16. The van der Waals surface area contributed by atoms with E-state index in [4.69, 9.17) is 10.5 Å². The maximum absolute atomic E-state index is 12.1. The Kier molecular flexibility index (Phi) is 8.02. The standard InChI is InChI=1S/C13H24N2O3.ClH/c1-4-18-13(17)10-6-5-7-15(8-10)12(16)11(14)9(2)3;/h9-11H,4-8,14H2,1-3H3;1H. The van der Waals surface area contributed by atoms with Gasteiger partial charge >= 0.3 is 5.97 Å².